The lowest BCUT2D eigenvalue weighted by molar-refractivity contribution is -0.111. The summed E-state index contributed by atoms with van der Waals surface area (Å²) in [5.41, 5.74) is 1.80. The predicted molar refractivity (Wildman–Crippen MR) is 95.0 cm³/mol. The van der Waals surface area contributed by atoms with Crippen molar-refractivity contribution in [1.29, 1.82) is 0 Å². The van der Waals surface area contributed by atoms with E-state index in [2.05, 4.69) is 10.1 Å². The second kappa shape index (κ2) is 8.54. The number of nitrogens with one attached hydrogen (secondary N) is 1. The summed E-state index contributed by atoms with van der Waals surface area (Å²) in [6, 6.07) is 11.8. The number of amides is 1. The van der Waals surface area contributed by atoms with E-state index in [4.69, 9.17) is 9.47 Å². The summed E-state index contributed by atoms with van der Waals surface area (Å²) in [7, 11) is 4.43. The molecular formula is C19H19NO5. The first-order valence-corrected chi connectivity index (χ1v) is 7.47. The lowest BCUT2D eigenvalue weighted by Gasteiger charge is -2.07. The molecule has 0 atom stereocenters. The van der Waals surface area contributed by atoms with Gasteiger partial charge in [-0.05, 0) is 48.0 Å². The number of ether oxygens (including phenoxy) is 3. The molecule has 1 amide bonds. The highest BCUT2D eigenvalue weighted by Gasteiger charge is 2.06. The molecule has 130 valence electrons. The molecule has 0 spiro atoms. The minimum Gasteiger partial charge on any atom is -0.493 e. The van der Waals surface area contributed by atoms with Crippen molar-refractivity contribution in [1.82, 2.24) is 0 Å². The van der Waals surface area contributed by atoms with Crippen LogP contribution in [-0.4, -0.2) is 33.2 Å². The topological polar surface area (TPSA) is 73.9 Å². The third-order valence-corrected chi connectivity index (χ3v) is 3.41. The van der Waals surface area contributed by atoms with E-state index in [-0.39, 0.29) is 5.91 Å². The Labute approximate surface area is 146 Å². The Kier molecular flexibility index (Phi) is 6.17. The first-order valence-electron chi connectivity index (χ1n) is 7.47. The number of carbonyl (C=O) groups excluding carboxylic acids is 2. The largest absolute Gasteiger partial charge is 0.493 e. The van der Waals surface area contributed by atoms with E-state index < -0.39 is 5.97 Å². The molecule has 2 aromatic carbocycles. The van der Waals surface area contributed by atoms with E-state index in [1.54, 1.807) is 56.7 Å². The highest BCUT2D eigenvalue weighted by atomic mass is 16.5. The van der Waals surface area contributed by atoms with Gasteiger partial charge in [-0.3, -0.25) is 4.79 Å². The van der Waals surface area contributed by atoms with Crippen LogP contribution in [0.2, 0.25) is 0 Å². The summed E-state index contributed by atoms with van der Waals surface area (Å²) >= 11 is 0. The predicted octanol–water partition coefficient (Wildman–Crippen LogP) is 3.14. The van der Waals surface area contributed by atoms with Crippen molar-refractivity contribution in [2.75, 3.05) is 26.6 Å². The number of methoxy groups -OCH3 is 3. The fourth-order valence-electron chi connectivity index (χ4n) is 2.12. The molecule has 0 aliphatic rings. The number of esters is 1. The Hall–Kier alpha value is -3.28. The summed E-state index contributed by atoms with van der Waals surface area (Å²) < 4.78 is 15.0. The molecule has 2 rings (SSSR count). The summed E-state index contributed by atoms with van der Waals surface area (Å²) in [4.78, 5) is 23.4. The van der Waals surface area contributed by atoms with Gasteiger partial charge < -0.3 is 19.5 Å². The molecule has 0 fully saturated rings. The van der Waals surface area contributed by atoms with Gasteiger partial charge in [-0.25, -0.2) is 4.79 Å². The summed E-state index contributed by atoms with van der Waals surface area (Å²) in [6.45, 7) is 0. The van der Waals surface area contributed by atoms with Crippen LogP contribution in [0.4, 0.5) is 5.69 Å². The van der Waals surface area contributed by atoms with Crippen LogP contribution >= 0.6 is 0 Å². The zero-order valence-corrected chi connectivity index (χ0v) is 14.2. The number of anilines is 1. The molecule has 1 N–H and O–H groups in total. The van der Waals surface area contributed by atoms with E-state index >= 15 is 0 Å². The molecular weight excluding hydrogens is 322 g/mol. The fourth-order valence-corrected chi connectivity index (χ4v) is 2.12. The molecule has 0 aromatic heterocycles. The Morgan fingerprint density at radius 2 is 1.60 bits per heavy atom. The fraction of sp³-hybridized carbons (Fsp3) is 0.158. The minimum atomic E-state index is -0.425. The van der Waals surface area contributed by atoms with Crippen LogP contribution in [0.1, 0.15) is 15.9 Å². The highest BCUT2D eigenvalue weighted by molar-refractivity contribution is 6.02. The van der Waals surface area contributed by atoms with Crippen molar-refractivity contribution in [2.24, 2.45) is 0 Å². The molecule has 0 aliphatic heterocycles. The standard InChI is InChI=1S/C19H19NO5/c1-23-16-10-4-13(12-17(16)24-2)5-11-18(21)20-15-8-6-14(7-9-15)19(22)25-3/h4-12H,1-3H3,(H,20,21)/b11-5+. The van der Waals surface area contributed by atoms with E-state index in [0.29, 0.717) is 22.7 Å². The van der Waals surface area contributed by atoms with E-state index in [1.807, 2.05) is 6.07 Å². The lowest BCUT2D eigenvalue weighted by Crippen LogP contribution is -2.08. The first-order chi connectivity index (χ1) is 12.1. The second-order valence-corrected chi connectivity index (χ2v) is 5.01. The van der Waals surface area contributed by atoms with E-state index in [1.165, 1.54) is 13.2 Å². The van der Waals surface area contributed by atoms with Crippen LogP contribution in [-0.2, 0) is 9.53 Å². The first kappa shape index (κ1) is 18.1. The van der Waals surface area contributed by atoms with E-state index in [0.717, 1.165) is 5.56 Å². The van der Waals surface area contributed by atoms with Crippen LogP contribution in [0.3, 0.4) is 0 Å². The average molecular weight is 341 g/mol. The van der Waals surface area contributed by atoms with Gasteiger partial charge in [0.2, 0.25) is 5.91 Å². The normalized spacial score (nSPS) is 10.4. The van der Waals surface area contributed by atoms with Gasteiger partial charge in [-0.2, -0.15) is 0 Å². The highest BCUT2D eigenvalue weighted by Crippen LogP contribution is 2.27. The van der Waals surface area contributed by atoms with Gasteiger partial charge in [0.15, 0.2) is 11.5 Å². The molecule has 0 bridgehead atoms. The van der Waals surface area contributed by atoms with Gasteiger partial charge in [-0.1, -0.05) is 6.07 Å². The van der Waals surface area contributed by atoms with Gasteiger partial charge in [0.25, 0.3) is 0 Å². The third-order valence-electron chi connectivity index (χ3n) is 3.41. The maximum Gasteiger partial charge on any atom is 0.337 e. The number of rotatable bonds is 6. The smallest absolute Gasteiger partial charge is 0.337 e. The number of hydrogen-bond donors (Lipinski definition) is 1. The lowest BCUT2D eigenvalue weighted by atomic mass is 10.2. The van der Waals surface area contributed by atoms with Crippen LogP contribution < -0.4 is 14.8 Å². The summed E-state index contributed by atoms with van der Waals surface area (Å²) in [6.07, 6.45) is 3.08. The van der Waals surface area contributed by atoms with Gasteiger partial charge in [0, 0.05) is 11.8 Å². The second-order valence-electron chi connectivity index (χ2n) is 5.01. The van der Waals surface area contributed by atoms with Crippen molar-refractivity contribution < 1.29 is 23.8 Å². The molecule has 6 nitrogen and oxygen atoms in total. The van der Waals surface area contributed by atoms with Crippen molar-refractivity contribution in [3.05, 3.63) is 59.7 Å². The van der Waals surface area contributed by atoms with Crippen molar-refractivity contribution in [3.63, 3.8) is 0 Å². The molecule has 0 radical (unpaired) electrons. The Bertz CT molecular complexity index is 781. The molecule has 0 saturated carbocycles. The number of benzene rings is 2. The van der Waals surface area contributed by atoms with Crippen molar-refractivity contribution in [3.8, 4) is 11.5 Å². The number of hydrogen-bond acceptors (Lipinski definition) is 5. The molecule has 6 heteroatoms. The van der Waals surface area contributed by atoms with Crippen LogP contribution in [0.15, 0.2) is 48.5 Å². The zero-order chi connectivity index (χ0) is 18.2. The number of carbonyl (C=O) groups is 2. The molecule has 0 unspecified atom stereocenters. The summed E-state index contributed by atoms with van der Waals surface area (Å²) in [5, 5.41) is 2.71. The molecule has 0 heterocycles. The summed E-state index contributed by atoms with van der Waals surface area (Å²) in [5.74, 6) is 0.491. The van der Waals surface area contributed by atoms with Crippen LogP contribution in [0, 0.1) is 0 Å². The maximum absolute atomic E-state index is 12.0. The van der Waals surface area contributed by atoms with Gasteiger partial charge in [0.1, 0.15) is 0 Å². The molecule has 2 aromatic rings. The Balaban J connectivity index is 2.02. The quantitative estimate of drug-likeness (QED) is 0.645. The maximum atomic E-state index is 12.0. The van der Waals surface area contributed by atoms with Gasteiger partial charge in [-0.15, -0.1) is 0 Å². The van der Waals surface area contributed by atoms with Crippen molar-refractivity contribution >= 4 is 23.6 Å². The zero-order valence-electron chi connectivity index (χ0n) is 14.2. The van der Waals surface area contributed by atoms with Gasteiger partial charge in [0.05, 0.1) is 26.9 Å². The molecule has 0 aliphatic carbocycles. The van der Waals surface area contributed by atoms with Gasteiger partial charge >= 0.3 is 5.97 Å². The SMILES string of the molecule is COC(=O)c1ccc(NC(=O)/C=C/c2ccc(OC)c(OC)c2)cc1. The van der Waals surface area contributed by atoms with Crippen LogP contribution in [0.5, 0.6) is 11.5 Å². The van der Waals surface area contributed by atoms with Crippen molar-refractivity contribution in [2.45, 2.75) is 0 Å². The third kappa shape index (κ3) is 4.84. The molecule has 0 saturated heterocycles. The van der Waals surface area contributed by atoms with Crippen LogP contribution in [0.25, 0.3) is 6.08 Å². The Morgan fingerprint density at radius 3 is 2.20 bits per heavy atom. The Morgan fingerprint density at radius 1 is 0.920 bits per heavy atom. The minimum absolute atomic E-state index is 0.291. The average Bonchev–Trinajstić information content (AvgIpc) is 2.66. The molecule has 25 heavy (non-hydrogen) atoms. The van der Waals surface area contributed by atoms with E-state index in [9.17, 15) is 9.59 Å². The monoisotopic (exact) mass is 341 g/mol.